The molecule has 156 valence electrons. The Hall–Kier alpha value is -2.96. The van der Waals surface area contributed by atoms with Crippen LogP contribution >= 0.6 is 11.8 Å². The minimum atomic E-state index is -3.95. The first-order valence-corrected chi connectivity index (χ1v) is 12.0. The first-order chi connectivity index (χ1) is 14.7. The number of allylic oxidation sites excluding steroid dienone is 2. The molecule has 0 saturated heterocycles. The highest BCUT2D eigenvalue weighted by Gasteiger charge is 2.27. The predicted molar refractivity (Wildman–Crippen MR) is 126 cm³/mol. The Kier molecular flexibility index (Phi) is 5.69. The number of benzene rings is 3. The highest BCUT2D eigenvalue weighted by atomic mass is 32.2. The van der Waals surface area contributed by atoms with Crippen molar-refractivity contribution in [1.82, 2.24) is 0 Å². The highest BCUT2D eigenvalue weighted by Crippen LogP contribution is 2.34. The largest absolute Gasteiger partial charge is 0.288 e. The number of ketones is 1. The molecule has 0 saturated carbocycles. The van der Waals surface area contributed by atoms with E-state index in [4.69, 9.17) is 0 Å². The van der Waals surface area contributed by atoms with Gasteiger partial charge in [-0.25, -0.2) is 0 Å². The van der Waals surface area contributed by atoms with Crippen LogP contribution in [0.15, 0.2) is 91.9 Å². The molecule has 0 spiro atoms. The third-order valence-corrected chi connectivity index (χ3v) is 7.49. The van der Waals surface area contributed by atoms with Gasteiger partial charge >= 0.3 is 0 Å². The molecule has 0 amide bonds. The molecule has 1 aliphatic carbocycles. The SMILES string of the molecule is Cc1ccc(SC2=C/C(=N\S(=O)(=O)c3cc(C)ccc3C)c3ccccc3C2=O)cc1. The smallest absolute Gasteiger partial charge is 0.283 e. The van der Waals surface area contributed by atoms with Crippen molar-refractivity contribution in [2.24, 2.45) is 4.40 Å². The molecule has 0 unspecified atom stereocenters. The van der Waals surface area contributed by atoms with Crippen LogP contribution in [-0.4, -0.2) is 19.9 Å². The van der Waals surface area contributed by atoms with Crippen LogP contribution in [0.1, 0.15) is 32.6 Å². The monoisotopic (exact) mass is 447 g/mol. The quantitative estimate of drug-likeness (QED) is 0.517. The Morgan fingerprint density at radius 1 is 0.806 bits per heavy atom. The van der Waals surface area contributed by atoms with Crippen molar-refractivity contribution in [3.63, 3.8) is 0 Å². The first kappa shape index (κ1) is 21.3. The zero-order chi connectivity index (χ0) is 22.2. The summed E-state index contributed by atoms with van der Waals surface area (Å²) in [5.41, 5.74) is 3.85. The number of carbonyl (C=O) groups is 1. The zero-order valence-electron chi connectivity index (χ0n) is 17.4. The normalized spacial score (nSPS) is 15.0. The Labute approximate surface area is 186 Å². The van der Waals surface area contributed by atoms with E-state index in [0.717, 1.165) is 16.0 Å². The maximum Gasteiger partial charge on any atom is 0.283 e. The lowest BCUT2D eigenvalue weighted by atomic mass is 9.94. The summed E-state index contributed by atoms with van der Waals surface area (Å²) >= 11 is 1.31. The van der Waals surface area contributed by atoms with Gasteiger partial charge in [-0.2, -0.15) is 12.8 Å². The van der Waals surface area contributed by atoms with Gasteiger partial charge in [0.25, 0.3) is 10.0 Å². The molecule has 0 radical (unpaired) electrons. The average Bonchev–Trinajstić information content (AvgIpc) is 2.74. The van der Waals surface area contributed by atoms with Gasteiger partial charge in [0.1, 0.15) is 0 Å². The molecule has 4 nitrogen and oxygen atoms in total. The van der Waals surface area contributed by atoms with E-state index in [1.807, 2.05) is 44.2 Å². The van der Waals surface area contributed by atoms with Crippen LogP contribution < -0.4 is 0 Å². The first-order valence-electron chi connectivity index (χ1n) is 9.77. The third kappa shape index (κ3) is 4.40. The summed E-state index contributed by atoms with van der Waals surface area (Å²) < 4.78 is 30.5. The van der Waals surface area contributed by atoms with Crippen molar-refractivity contribution in [1.29, 1.82) is 0 Å². The second kappa shape index (κ2) is 8.29. The van der Waals surface area contributed by atoms with E-state index in [2.05, 4.69) is 4.40 Å². The molecule has 0 aromatic heterocycles. The lowest BCUT2D eigenvalue weighted by Gasteiger charge is -2.17. The summed E-state index contributed by atoms with van der Waals surface area (Å²) in [7, 11) is -3.95. The summed E-state index contributed by atoms with van der Waals surface area (Å²) in [6.07, 6.45) is 1.58. The molecule has 0 bridgehead atoms. The maximum atomic E-state index is 13.2. The summed E-state index contributed by atoms with van der Waals surface area (Å²) in [6, 6.07) is 20.1. The summed E-state index contributed by atoms with van der Waals surface area (Å²) in [6.45, 7) is 5.59. The lowest BCUT2D eigenvalue weighted by molar-refractivity contribution is 0.104. The number of hydrogen-bond acceptors (Lipinski definition) is 4. The van der Waals surface area contributed by atoms with Crippen LogP contribution in [0.25, 0.3) is 0 Å². The average molecular weight is 448 g/mol. The highest BCUT2D eigenvalue weighted by molar-refractivity contribution is 8.04. The fourth-order valence-corrected chi connectivity index (χ4v) is 5.57. The van der Waals surface area contributed by atoms with Gasteiger partial charge in [0.05, 0.1) is 15.5 Å². The molecule has 3 aromatic rings. The van der Waals surface area contributed by atoms with Crippen LogP contribution in [0, 0.1) is 20.8 Å². The Bertz CT molecular complexity index is 1350. The second-order valence-corrected chi connectivity index (χ2v) is 10.2. The van der Waals surface area contributed by atoms with Gasteiger partial charge in [-0.05, 0) is 56.2 Å². The number of sulfonamides is 1. The number of hydrogen-bond donors (Lipinski definition) is 0. The van der Waals surface area contributed by atoms with Crippen LogP contribution in [0.5, 0.6) is 0 Å². The van der Waals surface area contributed by atoms with Crippen LogP contribution in [-0.2, 0) is 10.0 Å². The molecule has 3 aromatic carbocycles. The molecule has 0 fully saturated rings. The summed E-state index contributed by atoms with van der Waals surface area (Å²) in [4.78, 5) is 14.6. The number of aryl methyl sites for hydroxylation is 3. The van der Waals surface area contributed by atoms with Gasteiger partial charge < -0.3 is 0 Å². The molecular weight excluding hydrogens is 426 g/mol. The molecule has 0 atom stereocenters. The van der Waals surface area contributed by atoms with Crippen LogP contribution in [0.2, 0.25) is 0 Å². The fraction of sp³-hybridized carbons (Fsp3) is 0.120. The summed E-state index contributed by atoms with van der Waals surface area (Å²) in [5.74, 6) is -0.135. The molecule has 4 rings (SSSR count). The van der Waals surface area contributed by atoms with E-state index in [1.54, 1.807) is 49.4 Å². The van der Waals surface area contributed by atoms with Crippen LogP contribution in [0.4, 0.5) is 0 Å². The van der Waals surface area contributed by atoms with Crippen LogP contribution in [0.3, 0.4) is 0 Å². The van der Waals surface area contributed by atoms with Gasteiger partial charge in [0, 0.05) is 16.0 Å². The Balaban J connectivity index is 1.83. The van der Waals surface area contributed by atoms with Crippen molar-refractivity contribution in [3.8, 4) is 0 Å². The van der Waals surface area contributed by atoms with E-state index < -0.39 is 10.0 Å². The van der Waals surface area contributed by atoms with Crippen molar-refractivity contribution >= 4 is 33.3 Å². The lowest BCUT2D eigenvalue weighted by Crippen LogP contribution is -2.17. The number of Topliss-reactive ketones (excluding diaryl/α,β-unsaturated/α-hetero) is 1. The minimum Gasteiger partial charge on any atom is -0.288 e. The van der Waals surface area contributed by atoms with E-state index in [9.17, 15) is 13.2 Å². The number of thioether (sulfide) groups is 1. The Morgan fingerprint density at radius 2 is 1.45 bits per heavy atom. The number of carbonyl (C=O) groups excluding carboxylic acids is 1. The van der Waals surface area contributed by atoms with E-state index in [1.165, 1.54) is 11.8 Å². The number of nitrogens with zero attached hydrogens (tertiary/aromatic N) is 1. The summed E-state index contributed by atoms with van der Waals surface area (Å²) in [5, 5.41) is 0. The fourth-order valence-electron chi connectivity index (χ4n) is 3.35. The van der Waals surface area contributed by atoms with Crippen molar-refractivity contribution in [2.75, 3.05) is 0 Å². The van der Waals surface area contributed by atoms with Gasteiger partial charge in [-0.3, -0.25) is 4.79 Å². The van der Waals surface area contributed by atoms with E-state index >= 15 is 0 Å². The number of fused-ring (bicyclic) bond motifs is 1. The van der Waals surface area contributed by atoms with Gasteiger partial charge in [0.2, 0.25) is 0 Å². The molecule has 31 heavy (non-hydrogen) atoms. The molecule has 0 N–H and O–H groups in total. The van der Waals surface area contributed by atoms with Gasteiger partial charge in [0.15, 0.2) is 5.78 Å². The van der Waals surface area contributed by atoms with Crippen molar-refractivity contribution < 1.29 is 13.2 Å². The standard InChI is InChI=1S/C25H21NO3S2/c1-16-9-12-19(13-10-16)30-23-15-22(20-6-4-5-7-21(20)25(23)27)26-31(28,29)24-14-17(2)8-11-18(24)3/h4-15H,1-3H3/b26-22+. The predicted octanol–water partition coefficient (Wildman–Crippen LogP) is 5.66. The third-order valence-electron chi connectivity index (χ3n) is 5.03. The molecule has 0 heterocycles. The number of rotatable bonds is 4. The van der Waals surface area contributed by atoms with Gasteiger partial charge in [-0.1, -0.05) is 65.9 Å². The molecule has 1 aliphatic rings. The Morgan fingerprint density at radius 3 is 2.16 bits per heavy atom. The maximum absolute atomic E-state index is 13.2. The van der Waals surface area contributed by atoms with E-state index in [-0.39, 0.29) is 16.4 Å². The topological polar surface area (TPSA) is 63.6 Å². The zero-order valence-corrected chi connectivity index (χ0v) is 19.0. The van der Waals surface area contributed by atoms with Gasteiger partial charge in [-0.15, -0.1) is 0 Å². The molecular formula is C25H21NO3S2. The second-order valence-electron chi connectivity index (χ2n) is 7.52. The van der Waals surface area contributed by atoms with Crippen molar-refractivity contribution in [3.05, 3.63) is 106 Å². The van der Waals surface area contributed by atoms with E-state index in [0.29, 0.717) is 21.6 Å². The minimum absolute atomic E-state index is 0.135. The van der Waals surface area contributed by atoms with Crippen molar-refractivity contribution in [2.45, 2.75) is 30.6 Å². The molecule has 6 heteroatoms. The molecule has 0 aliphatic heterocycles.